The Hall–Kier alpha value is -1.29. The fraction of sp³-hybridized carbons (Fsp3) is 0.412. The second-order valence-electron chi connectivity index (χ2n) is 5.40. The van der Waals surface area contributed by atoms with Crippen molar-refractivity contribution in [1.29, 1.82) is 0 Å². The van der Waals surface area contributed by atoms with E-state index in [-0.39, 0.29) is 0 Å². The molecule has 1 heterocycles. The Morgan fingerprint density at radius 3 is 3.00 bits per heavy atom. The van der Waals surface area contributed by atoms with Crippen LogP contribution in [0.3, 0.4) is 0 Å². The van der Waals surface area contributed by atoms with Gasteiger partial charge in [-0.2, -0.15) is 0 Å². The highest BCUT2D eigenvalue weighted by atomic mass is 35.5. The summed E-state index contributed by atoms with van der Waals surface area (Å²) >= 11 is 6.40. The number of hydrogen-bond donors (Lipinski definition) is 1. The molecule has 4 heteroatoms. The first-order valence-electron chi connectivity index (χ1n) is 7.58. The Bertz CT molecular complexity index is 596. The maximum atomic E-state index is 6.40. The summed E-state index contributed by atoms with van der Waals surface area (Å²) in [6.07, 6.45) is 2.81. The predicted molar refractivity (Wildman–Crippen MR) is 85.1 cm³/mol. The normalized spacial score (nSPS) is 18.2. The summed E-state index contributed by atoms with van der Waals surface area (Å²) in [7, 11) is 0. The molecule has 3 rings (SSSR count). The molecule has 0 aromatic heterocycles. The molecule has 0 radical (unpaired) electrons. The smallest absolute Gasteiger partial charge is 0.138 e. The van der Waals surface area contributed by atoms with Gasteiger partial charge in [0.1, 0.15) is 31.5 Å². The van der Waals surface area contributed by atoms with Crippen LogP contribution in [0.2, 0.25) is 5.02 Å². The summed E-state index contributed by atoms with van der Waals surface area (Å²) in [6.45, 7) is 3.52. The Labute approximate surface area is 130 Å². The van der Waals surface area contributed by atoms with Crippen LogP contribution in [-0.4, -0.2) is 32.4 Å². The van der Waals surface area contributed by atoms with Crippen molar-refractivity contribution >= 4 is 22.4 Å². The van der Waals surface area contributed by atoms with Crippen LogP contribution in [0.15, 0.2) is 36.4 Å². The van der Waals surface area contributed by atoms with Crippen LogP contribution in [0.25, 0.3) is 10.8 Å². The number of ether oxygens (including phenoxy) is 2. The first kappa shape index (κ1) is 14.6. The molecule has 0 saturated carbocycles. The van der Waals surface area contributed by atoms with Gasteiger partial charge < -0.3 is 14.8 Å². The van der Waals surface area contributed by atoms with E-state index in [0.29, 0.717) is 17.7 Å². The van der Waals surface area contributed by atoms with Crippen molar-refractivity contribution < 1.29 is 14.8 Å². The van der Waals surface area contributed by atoms with Crippen LogP contribution < -0.4 is 10.1 Å². The molecule has 1 atom stereocenters. The van der Waals surface area contributed by atoms with Gasteiger partial charge >= 0.3 is 0 Å². The summed E-state index contributed by atoms with van der Waals surface area (Å²) in [5, 5.41) is 5.14. The second-order valence-corrected chi connectivity index (χ2v) is 5.77. The molecule has 21 heavy (non-hydrogen) atoms. The number of rotatable bonds is 6. The van der Waals surface area contributed by atoms with Gasteiger partial charge in [-0.3, -0.25) is 0 Å². The Morgan fingerprint density at radius 1 is 1.24 bits per heavy atom. The second kappa shape index (κ2) is 7.12. The monoisotopic (exact) mass is 306 g/mol. The molecular formula is C17H21ClNO2+. The molecule has 1 saturated heterocycles. The van der Waals surface area contributed by atoms with Gasteiger partial charge in [0, 0.05) is 12.0 Å². The number of nitrogens with two attached hydrogens (primary N) is 1. The summed E-state index contributed by atoms with van der Waals surface area (Å²) in [4.78, 5) is 0. The van der Waals surface area contributed by atoms with E-state index < -0.39 is 0 Å². The third-order valence-electron chi connectivity index (χ3n) is 3.86. The number of halogens is 1. The maximum absolute atomic E-state index is 6.40. The first-order chi connectivity index (χ1) is 10.3. The largest absolute Gasteiger partial charge is 0.486 e. The quantitative estimate of drug-likeness (QED) is 0.833. The van der Waals surface area contributed by atoms with E-state index in [9.17, 15) is 0 Å². The lowest BCUT2D eigenvalue weighted by Gasteiger charge is -2.11. The average molecular weight is 307 g/mol. The summed E-state index contributed by atoms with van der Waals surface area (Å²) in [5.74, 6) is 0.765. The zero-order chi connectivity index (χ0) is 14.5. The Kier molecular flexibility index (Phi) is 4.96. The standard InChI is InChI=1S/C17H20ClNO2/c18-17-15-6-2-1-4-13(15)7-8-16(17)21-11-9-19-12-14-5-3-10-20-14/h1-2,4,6-8,14,19H,3,5,9-12H2/p+1/t14-/m1/s1. The van der Waals surface area contributed by atoms with Gasteiger partial charge in [0.05, 0.1) is 5.02 Å². The Morgan fingerprint density at radius 2 is 2.14 bits per heavy atom. The third kappa shape index (κ3) is 3.67. The first-order valence-corrected chi connectivity index (χ1v) is 7.96. The van der Waals surface area contributed by atoms with Gasteiger partial charge in [-0.1, -0.05) is 41.9 Å². The van der Waals surface area contributed by atoms with E-state index in [4.69, 9.17) is 21.1 Å². The van der Waals surface area contributed by atoms with Gasteiger partial charge in [0.15, 0.2) is 0 Å². The fourth-order valence-electron chi connectivity index (χ4n) is 2.71. The minimum atomic E-state index is 0.425. The van der Waals surface area contributed by atoms with Gasteiger partial charge in [0.2, 0.25) is 0 Å². The van der Waals surface area contributed by atoms with Crippen molar-refractivity contribution in [1.82, 2.24) is 0 Å². The molecule has 2 N–H and O–H groups in total. The molecule has 112 valence electrons. The molecule has 1 aliphatic heterocycles. The number of hydrogen-bond acceptors (Lipinski definition) is 2. The van der Waals surface area contributed by atoms with Crippen molar-refractivity contribution in [2.75, 3.05) is 26.3 Å². The van der Waals surface area contributed by atoms with Crippen LogP contribution in [0.1, 0.15) is 12.8 Å². The Balaban J connectivity index is 1.49. The SMILES string of the molecule is Clc1c(OCC[NH2+]C[C@H]2CCCO2)ccc2ccccc12. The molecule has 0 aliphatic carbocycles. The minimum absolute atomic E-state index is 0.425. The van der Waals surface area contributed by atoms with Crippen LogP contribution in [0.4, 0.5) is 0 Å². The highest BCUT2D eigenvalue weighted by Crippen LogP contribution is 2.32. The third-order valence-corrected chi connectivity index (χ3v) is 4.25. The van der Waals surface area contributed by atoms with E-state index in [1.807, 2.05) is 30.3 Å². The topological polar surface area (TPSA) is 35.1 Å². The van der Waals surface area contributed by atoms with Gasteiger partial charge in [-0.05, 0) is 24.3 Å². The van der Waals surface area contributed by atoms with E-state index in [1.54, 1.807) is 0 Å². The molecule has 2 aromatic rings. The molecule has 0 unspecified atom stereocenters. The summed E-state index contributed by atoms with van der Waals surface area (Å²) < 4.78 is 11.4. The van der Waals surface area contributed by atoms with Gasteiger partial charge in [-0.25, -0.2) is 0 Å². The van der Waals surface area contributed by atoms with Crippen molar-refractivity contribution in [3.05, 3.63) is 41.4 Å². The molecule has 1 aliphatic rings. The lowest BCUT2D eigenvalue weighted by atomic mass is 10.1. The lowest BCUT2D eigenvalue weighted by Crippen LogP contribution is -2.87. The van der Waals surface area contributed by atoms with E-state index in [1.165, 1.54) is 12.8 Å². The number of quaternary nitrogens is 1. The average Bonchev–Trinajstić information content (AvgIpc) is 3.03. The van der Waals surface area contributed by atoms with Crippen molar-refractivity contribution in [3.8, 4) is 5.75 Å². The molecule has 0 amide bonds. The van der Waals surface area contributed by atoms with Crippen LogP contribution in [0, 0.1) is 0 Å². The van der Waals surface area contributed by atoms with Crippen LogP contribution in [0.5, 0.6) is 5.75 Å². The highest BCUT2D eigenvalue weighted by Gasteiger charge is 2.16. The molecular weight excluding hydrogens is 286 g/mol. The zero-order valence-corrected chi connectivity index (χ0v) is 12.8. The minimum Gasteiger partial charge on any atom is -0.486 e. The zero-order valence-electron chi connectivity index (χ0n) is 12.1. The van der Waals surface area contributed by atoms with Crippen molar-refractivity contribution in [2.45, 2.75) is 18.9 Å². The summed E-state index contributed by atoms with van der Waals surface area (Å²) in [6, 6.07) is 12.1. The van der Waals surface area contributed by atoms with Crippen LogP contribution >= 0.6 is 11.6 Å². The maximum Gasteiger partial charge on any atom is 0.138 e. The van der Waals surface area contributed by atoms with Crippen LogP contribution in [-0.2, 0) is 4.74 Å². The highest BCUT2D eigenvalue weighted by molar-refractivity contribution is 6.37. The fourth-order valence-corrected chi connectivity index (χ4v) is 3.00. The number of benzene rings is 2. The van der Waals surface area contributed by atoms with E-state index in [2.05, 4.69) is 11.4 Å². The van der Waals surface area contributed by atoms with E-state index in [0.717, 1.165) is 36.2 Å². The van der Waals surface area contributed by atoms with Gasteiger partial charge in [0.25, 0.3) is 0 Å². The van der Waals surface area contributed by atoms with Gasteiger partial charge in [-0.15, -0.1) is 0 Å². The molecule has 2 aromatic carbocycles. The van der Waals surface area contributed by atoms with Crippen molar-refractivity contribution in [2.24, 2.45) is 0 Å². The number of fused-ring (bicyclic) bond motifs is 1. The lowest BCUT2D eigenvalue weighted by molar-refractivity contribution is -0.661. The molecule has 0 spiro atoms. The van der Waals surface area contributed by atoms with Crippen molar-refractivity contribution in [3.63, 3.8) is 0 Å². The van der Waals surface area contributed by atoms with E-state index >= 15 is 0 Å². The predicted octanol–water partition coefficient (Wildman–Crippen LogP) is 2.61. The molecule has 0 bridgehead atoms. The summed E-state index contributed by atoms with van der Waals surface area (Å²) in [5.41, 5.74) is 0. The molecule has 1 fully saturated rings. The molecule has 3 nitrogen and oxygen atoms in total.